The molecule has 0 radical (unpaired) electrons. The molecule has 0 unspecified atom stereocenters. The van der Waals surface area contributed by atoms with Crippen molar-refractivity contribution in [1.82, 2.24) is 4.90 Å². The smallest absolute Gasteiger partial charge is 0.232 e. The number of phenols is 1. The lowest BCUT2D eigenvalue weighted by Crippen LogP contribution is -2.11. The monoisotopic (exact) mass is 285 g/mol. The van der Waals surface area contributed by atoms with Crippen LogP contribution in [0.3, 0.4) is 0 Å². The number of hydrogen-bond acceptors (Lipinski definition) is 5. The summed E-state index contributed by atoms with van der Waals surface area (Å²) in [6.45, 7) is 0.501. The highest BCUT2D eigenvalue weighted by molar-refractivity contribution is 6.15. The van der Waals surface area contributed by atoms with Crippen LogP contribution in [0.5, 0.6) is 5.75 Å². The first kappa shape index (κ1) is 13.5. The molecule has 3 aromatic rings. The first-order valence-corrected chi connectivity index (χ1v) is 6.53. The lowest BCUT2D eigenvalue weighted by atomic mass is 10.0. The number of phenolic OH excluding ortho intramolecular Hbond substituents is 1. The van der Waals surface area contributed by atoms with Crippen LogP contribution < -0.4 is 0 Å². The highest BCUT2D eigenvalue weighted by atomic mass is 16.3. The summed E-state index contributed by atoms with van der Waals surface area (Å²) in [6, 6.07) is 6.50. The fourth-order valence-electron chi connectivity index (χ4n) is 2.37. The van der Waals surface area contributed by atoms with Gasteiger partial charge >= 0.3 is 0 Å². The van der Waals surface area contributed by atoms with Gasteiger partial charge in [-0.1, -0.05) is 0 Å². The Morgan fingerprint density at radius 1 is 1.24 bits per heavy atom. The molecule has 0 fully saturated rings. The highest BCUT2D eigenvalue weighted by Gasteiger charge is 2.22. The van der Waals surface area contributed by atoms with E-state index in [0.29, 0.717) is 28.6 Å². The minimum absolute atomic E-state index is 0.145. The second-order valence-electron chi connectivity index (χ2n) is 5.13. The Balaban J connectivity index is 2.20. The van der Waals surface area contributed by atoms with Crippen LogP contribution in [0.2, 0.25) is 0 Å². The predicted molar refractivity (Wildman–Crippen MR) is 77.4 cm³/mol. The van der Waals surface area contributed by atoms with Crippen molar-refractivity contribution in [2.24, 2.45) is 0 Å². The Morgan fingerprint density at radius 3 is 2.71 bits per heavy atom. The van der Waals surface area contributed by atoms with Gasteiger partial charge in [0.25, 0.3) is 0 Å². The summed E-state index contributed by atoms with van der Waals surface area (Å²) in [4.78, 5) is 14.4. The topological polar surface area (TPSA) is 66.8 Å². The molecule has 2 aromatic heterocycles. The Labute approximate surface area is 121 Å². The van der Waals surface area contributed by atoms with Crippen molar-refractivity contribution in [2.75, 3.05) is 14.1 Å². The maximum absolute atomic E-state index is 12.5. The Morgan fingerprint density at radius 2 is 2.05 bits per heavy atom. The van der Waals surface area contributed by atoms with Gasteiger partial charge in [0.15, 0.2) is 5.76 Å². The van der Waals surface area contributed by atoms with Gasteiger partial charge in [0.1, 0.15) is 17.6 Å². The largest absolute Gasteiger partial charge is 0.508 e. The van der Waals surface area contributed by atoms with Gasteiger partial charge in [0.2, 0.25) is 5.78 Å². The number of furan rings is 2. The van der Waals surface area contributed by atoms with E-state index in [9.17, 15) is 9.90 Å². The average Bonchev–Trinajstić information content (AvgIpc) is 3.09. The molecule has 3 rings (SSSR count). The van der Waals surface area contributed by atoms with Crippen LogP contribution in [0.1, 0.15) is 21.7 Å². The number of fused-ring (bicyclic) bond motifs is 1. The van der Waals surface area contributed by atoms with Crippen LogP contribution in [-0.2, 0) is 6.54 Å². The first-order chi connectivity index (χ1) is 10.1. The van der Waals surface area contributed by atoms with Gasteiger partial charge in [-0.05, 0) is 38.4 Å². The molecule has 0 atom stereocenters. The maximum Gasteiger partial charge on any atom is 0.232 e. The number of benzene rings is 1. The quantitative estimate of drug-likeness (QED) is 0.746. The molecule has 0 bridgehead atoms. The van der Waals surface area contributed by atoms with Crippen molar-refractivity contribution >= 4 is 16.8 Å². The molecule has 5 nitrogen and oxygen atoms in total. The molecule has 0 aliphatic heterocycles. The average molecular weight is 285 g/mol. The zero-order valence-corrected chi connectivity index (χ0v) is 11.8. The molecular formula is C16H15NO4. The molecule has 108 valence electrons. The Kier molecular flexibility index (Phi) is 3.27. The van der Waals surface area contributed by atoms with E-state index >= 15 is 0 Å². The second kappa shape index (κ2) is 5.10. The number of carbonyl (C=O) groups is 1. The summed E-state index contributed by atoms with van der Waals surface area (Å²) >= 11 is 0. The molecule has 21 heavy (non-hydrogen) atoms. The standard InChI is InChI=1S/C16H15NO4/c1-17(2)8-10-12(18)5-6-13-15(10)11(9-21-13)16(19)14-4-3-7-20-14/h3-7,9,18H,8H2,1-2H3. The molecule has 1 N–H and O–H groups in total. The van der Waals surface area contributed by atoms with Crippen molar-refractivity contribution in [3.63, 3.8) is 0 Å². The molecule has 0 saturated carbocycles. The van der Waals surface area contributed by atoms with Crippen molar-refractivity contribution in [2.45, 2.75) is 6.54 Å². The molecule has 0 aliphatic rings. The van der Waals surface area contributed by atoms with Crippen molar-refractivity contribution in [1.29, 1.82) is 0 Å². The van der Waals surface area contributed by atoms with E-state index in [-0.39, 0.29) is 17.3 Å². The van der Waals surface area contributed by atoms with Crippen molar-refractivity contribution < 1.29 is 18.7 Å². The normalized spacial score (nSPS) is 11.4. The first-order valence-electron chi connectivity index (χ1n) is 6.53. The molecule has 1 aromatic carbocycles. The summed E-state index contributed by atoms with van der Waals surface area (Å²) in [5, 5.41) is 10.7. The summed E-state index contributed by atoms with van der Waals surface area (Å²) in [5.74, 6) is 0.132. The third-order valence-corrected chi connectivity index (χ3v) is 3.29. The van der Waals surface area contributed by atoms with Gasteiger partial charge in [-0.25, -0.2) is 0 Å². The van der Waals surface area contributed by atoms with E-state index in [4.69, 9.17) is 8.83 Å². The lowest BCUT2D eigenvalue weighted by Gasteiger charge is -2.12. The molecule has 5 heteroatoms. The van der Waals surface area contributed by atoms with Crippen LogP contribution in [-0.4, -0.2) is 29.9 Å². The number of hydrogen-bond donors (Lipinski definition) is 1. The van der Waals surface area contributed by atoms with Gasteiger partial charge in [0.05, 0.1) is 11.8 Å². The van der Waals surface area contributed by atoms with E-state index < -0.39 is 0 Å². The van der Waals surface area contributed by atoms with E-state index in [2.05, 4.69) is 0 Å². The second-order valence-corrected chi connectivity index (χ2v) is 5.13. The molecule has 0 spiro atoms. The fraction of sp³-hybridized carbons (Fsp3) is 0.188. The SMILES string of the molecule is CN(C)Cc1c(O)ccc2occ(C(=O)c3ccco3)c12. The molecule has 2 heterocycles. The highest BCUT2D eigenvalue weighted by Crippen LogP contribution is 2.33. The van der Waals surface area contributed by atoms with Gasteiger partial charge in [-0.2, -0.15) is 0 Å². The van der Waals surface area contributed by atoms with E-state index in [1.807, 2.05) is 19.0 Å². The zero-order chi connectivity index (χ0) is 15.0. The molecular weight excluding hydrogens is 270 g/mol. The van der Waals surface area contributed by atoms with E-state index in [1.165, 1.54) is 12.5 Å². The Bertz CT molecular complexity index is 784. The van der Waals surface area contributed by atoms with Crippen LogP contribution in [0.25, 0.3) is 11.0 Å². The fourth-order valence-corrected chi connectivity index (χ4v) is 2.37. The predicted octanol–water partition coefficient (Wildman–Crippen LogP) is 3.02. The lowest BCUT2D eigenvalue weighted by molar-refractivity contribution is 0.101. The molecule has 0 saturated heterocycles. The maximum atomic E-state index is 12.5. The van der Waals surface area contributed by atoms with Crippen LogP contribution in [0.15, 0.2) is 45.6 Å². The van der Waals surface area contributed by atoms with Crippen LogP contribution >= 0.6 is 0 Å². The number of carbonyl (C=O) groups excluding carboxylic acids is 1. The van der Waals surface area contributed by atoms with Crippen LogP contribution in [0, 0.1) is 0 Å². The van der Waals surface area contributed by atoms with E-state index in [0.717, 1.165) is 0 Å². The van der Waals surface area contributed by atoms with Crippen LogP contribution in [0.4, 0.5) is 0 Å². The summed E-state index contributed by atoms with van der Waals surface area (Å²) in [7, 11) is 3.79. The minimum atomic E-state index is -0.260. The van der Waals surface area contributed by atoms with E-state index in [1.54, 1.807) is 24.3 Å². The van der Waals surface area contributed by atoms with Gasteiger partial charge < -0.3 is 18.8 Å². The summed E-state index contributed by atoms with van der Waals surface area (Å²) in [5.41, 5.74) is 1.63. The molecule has 0 amide bonds. The molecule has 0 aliphatic carbocycles. The van der Waals surface area contributed by atoms with Crippen molar-refractivity contribution in [3.8, 4) is 5.75 Å². The summed E-state index contributed by atoms with van der Waals surface area (Å²) < 4.78 is 10.6. The van der Waals surface area contributed by atoms with Gasteiger partial charge in [0, 0.05) is 17.5 Å². The number of rotatable bonds is 4. The number of aromatic hydroxyl groups is 1. The summed E-state index contributed by atoms with van der Waals surface area (Å²) in [6.07, 6.45) is 2.86. The third-order valence-electron chi connectivity index (χ3n) is 3.29. The third kappa shape index (κ3) is 2.32. The Hall–Kier alpha value is -2.53. The minimum Gasteiger partial charge on any atom is -0.508 e. The number of nitrogens with zero attached hydrogens (tertiary/aromatic N) is 1. The van der Waals surface area contributed by atoms with Gasteiger partial charge in [-0.15, -0.1) is 0 Å². The number of ketones is 1. The zero-order valence-electron chi connectivity index (χ0n) is 11.8. The van der Waals surface area contributed by atoms with Crippen molar-refractivity contribution in [3.05, 3.63) is 53.7 Å². The van der Waals surface area contributed by atoms with Gasteiger partial charge in [-0.3, -0.25) is 4.79 Å².